The zero-order valence-electron chi connectivity index (χ0n) is 26.2. The monoisotopic (exact) mass is 630 g/mol. The van der Waals surface area contributed by atoms with Crippen LogP contribution in [0.5, 0.6) is 0 Å². The molecule has 12 heteroatoms. The van der Waals surface area contributed by atoms with Crippen LogP contribution >= 0.6 is 0 Å². The third-order valence-corrected chi connectivity index (χ3v) is 9.59. The van der Waals surface area contributed by atoms with Gasteiger partial charge in [-0.15, -0.1) is 0 Å². The van der Waals surface area contributed by atoms with E-state index in [1.54, 1.807) is 0 Å². The number of hydrogen-bond acceptors (Lipinski definition) is 8. The van der Waals surface area contributed by atoms with Crippen molar-refractivity contribution in [3.05, 3.63) is 0 Å². The average Bonchev–Trinajstić information content (AvgIpc) is 2.84. The molecule has 0 aromatic heterocycles. The maximum atomic E-state index is 11.8. The summed E-state index contributed by atoms with van der Waals surface area (Å²) in [5, 5.41) is -3.94. The van der Waals surface area contributed by atoms with Crippen molar-refractivity contribution in [1.82, 2.24) is 0 Å². The van der Waals surface area contributed by atoms with Crippen molar-refractivity contribution >= 4 is 20.2 Å². The molecule has 8 nitrogen and oxygen atoms in total. The SMILES string of the molecule is CCCCCCCCCCCCOCC(C(COCCCCCCCCCCCC)S(=O)(=O)[O-])S(=O)(=O)[O-].[Na+].[Na+]. The second-order valence-electron chi connectivity index (χ2n) is 10.6. The topological polar surface area (TPSA) is 133 Å². The van der Waals surface area contributed by atoms with Gasteiger partial charge in [0.2, 0.25) is 0 Å². The van der Waals surface area contributed by atoms with E-state index in [0.29, 0.717) is 12.8 Å². The minimum Gasteiger partial charge on any atom is -0.748 e. The molecular formula is C28H56Na2O8S2. The summed E-state index contributed by atoms with van der Waals surface area (Å²) in [5.74, 6) is 0. The fourth-order valence-corrected chi connectivity index (χ4v) is 6.78. The molecule has 0 aliphatic heterocycles. The van der Waals surface area contributed by atoms with Gasteiger partial charge in [0.15, 0.2) is 0 Å². The second kappa shape index (κ2) is 30.8. The third-order valence-electron chi connectivity index (χ3n) is 7.00. The van der Waals surface area contributed by atoms with Crippen LogP contribution in [0, 0.1) is 0 Å². The molecule has 230 valence electrons. The summed E-state index contributed by atoms with van der Waals surface area (Å²) in [6, 6.07) is 0. The zero-order valence-corrected chi connectivity index (χ0v) is 31.8. The van der Waals surface area contributed by atoms with E-state index < -0.39 is 43.9 Å². The van der Waals surface area contributed by atoms with Crippen LogP contribution in [0.3, 0.4) is 0 Å². The number of hydrogen-bond donors (Lipinski definition) is 0. The Labute approximate surface area is 291 Å². The first-order valence-corrected chi connectivity index (χ1v) is 18.1. The molecule has 0 aliphatic rings. The van der Waals surface area contributed by atoms with Gasteiger partial charge in [0.05, 0.1) is 23.7 Å². The maximum Gasteiger partial charge on any atom is 1.00 e. The number of unbranched alkanes of at least 4 members (excludes halogenated alkanes) is 18. The van der Waals surface area contributed by atoms with Crippen molar-refractivity contribution in [2.24, 2.45) is 0 Å². The van der Waals surface area contributed by atoms with E-state index in [9.17, 15) is 25.9 Å². The number of rotatable bonds is 29. The molecule has 0 fully saturated rings. The first kappa shape index (κ1) is 46.2. The molecule has 0 N–H and O–H groups in total. The molecule has 0 aromatic rings. The van der Waals surface area contributed by atoms with Gasteiger partial charge in [0.1, 0.15) is 20.2 Å². The summed E-state index contributed by atoms with van der Waals surface area (Å²) in [7, 11) is -10.1. The Bertz CT molecular complexity index is 675. The summed E-state index contributed by atoms with van der Waals surface area (Å²) in [4.78, 5) is 0. The van der Waals surface area contributed by atoms with E-state index in [0.717, 1.165) is 38.5 Å². The molecule has 0 rings (SSSR count). The molecular weight excluding hydrogens is 574 g/mol. The summed E-state index contributed by atoms with van der Waals surface area (Å²) >= 11 is 0. The number of ether oxygens (including phenoxy) is 2. The van der Waals surface area contributed by atoms with E-state index in [1.807, 2.05) is 0 Å². The normalized spacial score (nSPS) is 13.4. The predicted octanol–water partition coefficient (Wildman–Crippen LogP) is 0.697. The standard InChI is InChI=1S/C28H58O8S2.2Na/c1-3-5-7-9-11-13-15-17-19-21-23-35-25-27(37(29,30)31)28(38(32,33)34)26-36-24-22-20-18-16-14-12-10-8-6-4-2;;/h27-28H,3-26H2,1-2H3,(H,29,30,31)(H,32,33,34);;/q;2*+1/p-2. The summed E-state index contributed by atoms with van der Waals surface area (Å²) in [5.41, 5.74) is 0. The molecule has 0 heterocycles. The minimum absolute atomic E-state index is 0. The van der Waals surface area contributed by atoms with Crippen LogP contribution < -0.4 is 59.1 Å². The first-order valence-electron chi connectivity index (χ1n) is 15.2. The Morgan fingerprint density at radius 1 is 0.450 bits per heavy atom. The van der Waals surface area contributed by atoms with E-state index in [1.165, 1.54) is 77.0 Å². The van der Waals surface area contributed by atoms with Crippen LogP contribution in [0.25, 0.3) is 0 Å². The summed E-state index contributed by atoms with van der Waals surface area (Å²) in [6.45, 7) is 3.60. The van der Waals surface area contributed by atoms with Gasteiger partial charge in [-0.25, -0.2) is 16.8 Å². The van der Waals surface area contributed by atoms with Gasteiger partial charge in [0.25, 0.3) is 0 Å². The van der Waals surface area contributed by atoms with Crippen LogP contribution in [0.15, 0.2) is 0 Å². The van der Waals surface area contributed by atoms with Crippen molar-refractivity contribution in [2.75, 3.05) is 26.4 Å². The Hall–Kier alpha value is 1.74. The van der Waals surface area contributed by atoms with Gasteiger partial charge >= 0.3 is 59.1 Å². The molecule has 0 aliphatic carbocycles. The second-order valence-corrected chi connectivity index (χ2v) is 13.8. The Morgan fingerprint density at radius 2 is 0.675 bits per heavy atom. The molecule has 2 unspecified atom stereocenters. The van der Waals surface area contributed by atoms with Gasteiger partial charge < -0.3 is 18.6 Å². The third kappa shape index (κ3) is 28.5. The minimum atomic E-state index is -5.06. The van der Waals surface area contributed by atoms with E-state index in [4.69, 9.17) is 9.47 Å². The van der Waals surface area contributed by atoms with Gasteiger partial charge in [-0.2, -0.15) is 0 Å². The zero-order chi connectivity index (χ0) is 28.5. The molecule has 0 amide bonds. The molecule has 0 aromatic carbocycles. The van der Waals surface area contributed by atoms with Gasteiger partial charge in [0, 0.05) is 13.2 Å². The molecule has 0 bridgehead atoms. The van der Waals surface area contributed by atoms with Gasteiger partial charge in [-0.05, 0) is 12.8 Å². The predicted molar refractivity (Wildman–Crippen MR) is 152 cm³/mol. The summed E-state index contributed by atoms with van der Waals surface area (Å²) in [6.07, 6.45) is 22.6. The Morgan fingerprint density at radius 3 is 0.900 bits per heavy atom. The van der Waals surface area contributed by atoms with Crippen molar-refractivity contribution in [3.8, 4) is 0 Å². The molecule has 2 atom stereocenters. The fourth-order valence-electron chi connectivity index (χ4n) is 4.54. The summed E-state index contributed by atoms with van der Waals surface area (Å²) < 4.78 is 81.3. The smallest absolute Gasteiger partial charge is 0.748 e. The van der Waals surface area contributed by atoms with Crippen molar-refractivity contribution in [2.45, 2.75) is 153 Å². The largest absolute Gasteiger partial charge is 1.00 e. The van der Waals surface area contributed by atoms with Crippen molar-refractivity contribution < 1.29 is 94.5 Å². The van der Waals surface area contributed by atoms with Crippen molar-refractivity contribution in [3.63, 3.8) is 0 Å². The molecule has 40 heavy (non-hydrogen) atoms. The van der Waals surface area contributed by atoms with Crippen LogP contribution in [0.4, 0.5) is 0 Å². The molecule has 0 saturated heterocycles. The average molecular weight is 631 g/mol. The molecule has 0 radical (unpaired) electrons. The van der Waals surface area contributed by atoms with E-state index >= 15 is 0 Å². The fraction of sp³-hybridized carbons (Fsp3) is 1.00. The van der Waals surface area contributed by atoms with Crippen LogP contribution in [0.2, 0.25) is 0 Å². The van der Waals surface area contributed by atoms with Crippen molar-refractivity contribution in [1.29, 1.82) is 0 Å². The Balaban J connectivity index is -0.00000684. The first-order chi connectivity index (χ1) is 18.1. The van der Waals surface area contributed by atoms with E-state index in [-0.39, 0.29) is 72.3 Å². The quantitative estimate of drug-likeness (QED) is 0.0670. The van der Waals surface area contributed by atoms with Gasteiger partial charge in [-0.1, -0.05) is 129 Å². The van der Waals surface area contributed by atoms with Crippen LogP contribution in [-0.4, -0.2) is 62.9 Å². The molecule has 0 saturated carbocycles. The van der Waals surface area contributed by atoms with E-state index in [2.05, 4.69) is 13.8 Å². The molecule has 0 spiro atoms. The van der Waals surface area contributed by atoms with Gasteiger partial charge in [-0.3, -0.25) is 0 Å². The maximum absolute atomic E-state index is 11.8. The van der Waals surface area contributed by atoms with Crippen LogP contribution in [-0.2, 0) is 29.7 Å². The Kier molecular flexibility index (Phi) is 35.5. The van der Waals surface area contributed by atoms with Crippen LogP contribution in [0.1, 0.15) is 142 Å².